The highest BCUT2D eigenvalue weighted by Crippen LogP contribution is 2.27. The quantitative estimate of drug-likeness (QED) is 0.941. The molecule has 22 heavy (non-hydrogen) atoms. The van der Waals surface area contributed by atoms with Crippen LogP contribution < -0.4 is 4.72 Å². The maximum atomic E-state index is 12.7. The molecule has 0 saturated heterocycles. The van der Waals surface area contributed by atoms with Crippen LogP contribution in [0.2, 0.25) is 0 Å². The number of aryl methyl sites for hydroxylation is 2. The number of benzene rings is 2. The van der Waals surface area contributed by atoms with Crippen LogP contribution in [-0.4, -0.2) is 8.42 Å². The molecule has 0 bridgehead atoms. The highest BCUT2D eigenvalue weighted by Gasteiger charge is 2.22. The smallest absolute Gasteiger partial charge is 0.262 e. The first-order valence-electron chi connectivity index (χ1n) is 6.86. The molecule has 4 nitrogen and oxygen atoms in total. The van der Waals surface area contributed by atoms with Crippen molar-refractivity contribution in [1.29, 1.82) is 5.26 Å². The van der Waals surface area contributed by atoms with Gasteiger partial charge in [-0.1, -0.05) is 6.07 Å². The monoisotopic (exact) mass is 314 g/mol. The first kappa shape index (κ1) is 16.1. The van der Waals surface area contributed by atoms with Crippen LogP contribution in [0.15, 0.2) is 35.2 Å². The van der Waals surface area contributed by atoms with Crippen molar-refractivity contribution in [2.45, 2.75) is 32.6 Å². The van der Waals surface area contributed by atoms with E-state index < -0.39 is 10.0 Å². The van der Waals surface area contributed by atoms with E-state index in [9.17, 15) is 8.42 Å². The lowest BCUT2D eigenvalue weighted by Gasteiger charge is -2.16. The Morgan fingerprint density at radius 2 is 1.45 bits per heavy atom. The average Bonchev–Trinajstić information content (AvgIpc) is 2.45. The largest absolute Gasteiger partial charge is 0.280 e. The van der Waals surface area contributed by atoms with Gasteiger partial charge in [0.15, 0.2) is 0 Å². The summed E-state index contributed by atoms with van der Waals surface area (Å²) in [6.07, 6.45) is 0. The third kappa shape index (κ3) is 2.97. The Bertz CT molecular complexity index is 835. The molecular weight excluding hydrogens is 296 g/mol. The first-order chi connectivity index (χ1) is 10.3. The first-order valence-corrected chi connectivity index (χ1v) is 8.35. The number of nitrogens with zero attached hydrogens (tertiary/aromatic N) is 1. The van der Waals surface area contributed by atoms with Crippen LogP contribution in [0.25, 0.3) is 0 Å². The molecule has 5 heteroatoms. The Balaban J connectivity index is 2.49. The molecule has 0 unspecified atom stereocenters. The van der Waals surface area contributed by atoms with E-state index in [1.807, 2.05) is 39.8 Å². The van der Waals surface area contributed by atoms with E-state index in [1.54, 1.807) is 24.3 Å². The van der Waals surface area contributed by atoms with Crippen LogP contribution in [0.3, 0.4) is 0 Å². The minimum Gasteiger partial charge on any atom is -0.280 e. The summed E-state index contributed by atoms with van der Waals surface area (Å²) in [7, 11) is -3.67. The topological polar surface area (TPSA) is 70.0 Å². The summed E-state index contributed by atoms with van der Waals surface area (Å²) in [6.45, 7) is 7.44. The molecule has 2 aromatic carbocycles. The van der Waals surface area contributed by atoms with Crippen molar-refractivity contribution in [2.75, 3.05) is 4.72 Å². The SMILES string of the molecule is Cc1cc(C)c(C)c(S(=O)(=O)Nc2ccc(C#N)cc2)c1C. The molecule has 0 aliphatic rings. The zero-order valence-corrected chi connectivity index (χ0v) is 13.9. The van der Waals surface area contributed by atoms with Crippen LogP contribution >= 0.6 is 0 Å². The summed E-state index contributed by atoms with van der Waals surface area (Å²) >= 11 is 0. The van der Waals surface area contributed by atoms with Gasteiger partial charge >= 0.3 is 0 Å². The zero-order valence-electron chi connectivity index (χ0n) is 13.1. The second-order valence-electron chi connectivity index (χ2n) is 5.38. The van der Waals surface area contributed by atoms with Crippen molar-refractivity contribution < 1.29 is 8.42 Å². The molecule has 0 fully saturated rings. The fourth-order valence-corrected chi connectivity index (χ4v) is 4.08. The number of nitrogens with one attached hydrogen (secondary N) is 1. The van der Waals surface area contributed by atoms with Crippen LogP contribution in [0.5, 0.6) is 0 Å². The van der Waals surface area contributed by atoms with Gasteiger partial charge in [-0.2, -0.15) is 5.26 Å². The van der Waals surface area contributed by atoms with Gasteiger partial charge in [-0.15, -0.1) is 0 Å². The molecule has 1 N–H and O–H groups in total. The second kappa shape index (κ2) is 5.82. The summed E-state index contributed by atoms with van der Waals surface area (Å²) in [4.78, 5) is 0.328. The molecule has 0 aromatic heterocycles. The Morgan fingerprint density at radius 3 is 1.91 bits per heavy atom. The molecule has 0 radical (unpaired) electrons. The van der Waals surface area contributed by atoms with Gasteiger partial charge in [-0.25, -0.2) is 8.42 Å². The number of hydrogen-bond acceptors (Lipinski definition) is 3. The summed E-state index contributed by atoms with van der Waals surface area (Å²) in [6, 6.07) is 10.3. The molecule has 114 valence electrons. The van der Waals surface area contributed by atoms with E-state index in [1.165, 1.54) is 0 Å². The van der Waals surface area contributed by atoms with Gasteiger partial charge in [-0.05, 0) is 74.2 Å². The van der Waals surface area contributed by atoms with Gasteiger partial charge in [0.1, 0.15) is 0 Å². The van der Waals surface area contributed by atoms with E-state index in [2.05, 4.69) is 4.72 Å². The third-order valence-electron chi connectivity index (χ3n) is 3.83. The van der Waals surface area contributed by atoms with Crippen LogP contribution in [0.4, 0.5) is 5.69 Å². The minimum absolute atomic E-state index is 0.328. The van der Waals surface area contributed by atoms with Crippen molar-refractivity contribution in [2.24, 2.45) is 0 Å². The molecule has 0 aliphatic heterocycles. The number of anilines is 1. The van der Waals surface area contributed by atoms with Crippen molar-refractivity contribution in [3.05, 3.63) is 58.1 Å². The Morgan fingerprint density at radius 1 is 0.955 bits per heavy atom. The molecule has 2 aromatic rings. The Kier molecular flexibility index (Phi) is 4.25. The maximum absolute atomic E-state index is 12.7. The molecule has 0 heterocycles. The lowest BCUT2D eigenvalue weighted by Crippen LogP contribution is -2.17. The molecular formula is C17H18N2O2S. The van der Waals surface area contributed by atoms with Gasteiger partial charge < -0.3 is 0 Å². The van der Waals surface area contributed by atoms with Gasteiger partial charge in [-0.3, -0.25) is 4.72 Å². The van der Waals surface area contributed by atoms with Crippen LogP contribution in [0.1, 0.15) is 27.8 Å². The second-order valence-corrected chi connectivity index (χ2v) is 7.00. The number of sulfonamides is 1. The highest BCUT2D eigenvalue weighted by molar-refractivity contribution is 7.92. The van der Waals surface area contributed by atoms with Crippen molar-refractivity contribution in [3.63, 3.8) is 0 Å². The summed E-state index contributed by atoms with van der Waals surface area (Å²) < 4.78 is 28.0. The summed E-state index contributed by atoms with van der Waals surface area (Å²) in [5, 5.41) is 8.78. The molecule has 0 atom stereocenters. The van der Waals surface area contributed by atoms with E-state index in [-0.39, 0.29) is 0 Å². The van der Waals surface area contributed by atoms with E-state index in [0.717, 1.165) is 22.3 Å². The normalized spacial score (nSPS) is 11.0. The Labute approximate surface area is 131 Å². The minimum atomic E-state index is -3.67. The fraction of sp³-hybridized carbons (Fsp3) is 0.235. The van der Waals surface area contributed by atoms with Gasteiger partial charge in [0.2, 0.25) is 0 Å². The van der Waals surface area contributed by atoms with Crippen molar-refractivity contribution >= 4 is 15.7 Å². The van der Waals surface area contributed by atoms with Crippen molar-refractivity contribution in [1.82, 2.24) is 0 Å². The van der Waals surface area contributed by atoms with Crippen LogP contribution in [0, 0.1) is 39.0 Å². The standard InChI is InChI=1S/C17H18N2O2S/c1-11-9-12(2)14(4)17(13(11)3)22(20,21)19-16-7-5-15(10-18)6-8-16/h5-9,19H,1-4H3. The molecule has 0 spiro atoms. The average molecular weight is 314 g/mol. The number of rotatable bonds is 3. The molecule has 2 rings (SSSR count). The molecule has 0 saturated carbocycles. The maximum Gasteiger partial charge on any atom is 0.262 e. The van der Waals surface area contributed by atoms with E-state index >= 15 is 0 Å². The van der Waals surface area contributed by atoms with Crippen molar-refractivity contribution in [3.8, 4) is 6.07 Å². The van der Waals surface area contributed by atoms with Crippen LogP contribution in [-0.2, 0) is 10.0 Å². The predicted octanol–water partition coefficient (Wildman–Crippen LogP) is 3.59. The lowest BCUT2D eigenvalue weighted by molar-refractivity contribution is 0.599. The highest BCUT2D eigenvalue weighted by atomic mass is 32.2. The summed E-state index contributed by atoms with van der Waals surface area (Å²) in [5.74, 6) is 0. The van der Waals surface area contributed by atoms with Gasteiger partial charge in [0.25, 0.3) is 10.0 Å². The predicted molar refractivity (Wildman–Crippen MR) is 87.4 cm³/mol. The fourth-order valence-electron chi connectivity index (χ4n) is 2.40. The lowest BCUT2D eigenvalue weighted by atomic mass is 10.0. The summed E-state index contributed by atoms with van der Waals surface area (Å²) in [5.41, 5.74) is 4.33. The third-order valence-corrected chi connectivity index (χ3v) is 5.49. The molecule has 0 amide bonds. The molecule has 0 aliphatic carbocycles. The zero-order chi connectivity index (χ0) is 16.5. The number of nitriles is 1. The number of hydrogen-bond donors (Lipinski definition) is 1. The van der Waals surface area contributed by atoms with E-state index in [0.29, 0.717) is 16.1 Å². The Hall–Kier alpha value is -2.32. The van der Waals surface area contributed by atoms with E-state index in [4.69, 9.17) is 5.26 Å². The van der Waals surface area contributed by atoms with Gasteiger partial charge in [0, 0.05) is 5.69 Å². The van der Waals surface area contributed by atoms with Gasteiger partial charge in [0.05, 0.1) is 16.5 Å².